The number of hydrogen-bond donors (Lipinski definition) is 1. The predicted octanol–water partition coefficient (Wildman–Crippen LogP) is 4.90. The van der Waals surface area contributed by atoms with Crippen LogP contribution in [0.15, 0.2) is 59.2 Å². The first-order chi connectivity index (χ1) is 10.1. The molecule has 104 valence electrons. The summed E-state index contributed by atoms with van der Waals surface area (Å²) in [6.45, 7) is 0. The summed E-state index contributed by atoms with van der Waals surface area (Å²) in [6.07, 6.45) is 1.50. The summed E-state index contributed by atoms with van der Waals surface area (Å²) in [6, 6.07) is 14.9. The molecular formula is C16H10BrClN2O. The lowest BCUT2D eigenvalue weighted by Gasteiger charge is -2.09. The first-order valence-electron chi connectivity index (χ1n) is 6.25. The molecule has 0 aliphatic rings. The van der Waals surface area contributed by atoms with Gasteiger partial charge in [-0.3, -0.25) is 4.79 Å². The third-order valence-corrected chi connectivity index (χ3v) is 3.87. The van der Waals surface area contributed by atoms with Crippen LogP contribution in [0.4, 0.5) is 5.69 Å². The summed E-state index contributed by atoms with van der Waals surface area (Å²) >= 11 is 9.44. The van der Waals surface area contributed by atoms with Crippen molar-refractivity contribution in [3.05, 3.63) is 69.9 Å². The molecule has 1 N–H and O–H groups in total. The van der Waals surface area contributed by atoms with E-state index in [1.165, 1.54) is 6.20 Å². The fraction of sp³-hybridized carbons (Fsp3) is 0. The molecule has 2 aromatic carbocycles. The van der Waals surface area contributed by atoms with Crippen molar-refractivity contribution >= 4 is 49.9 Å². The number of pyridine rings is 1. The fourth-order valence-electron chi connectivity index (χ4n) is 2.10. The van der Waals surface area contributed by atoms with Crippen LogP contribution >= 0.6 is 27.5 Å². The Balaban J connectivity index is 2.01. The van der Waals surface area contributed by atoms with Crippen molar-refractivity contribution in [2.24, 2.45) is 0 Å². The molecule has 5 heteroatoms. The molecule has 21 heavy (non-hydrogen) atoms. The molecule has 0 unspecified atom stereocenters. The standard InChI is InChI=1S/C16H10BrClN2O/c17-10-4-3-5-11(8-10)20-16(21)14-9-19-15(18)13-7-2-1-6-12(13)14/h1-9H,(H,20,21). The molecule has 0 aliphatic carbocycles. The largest absolute Gasteiger partial charge is 0.322 e. The average Bonchev–Trinajstić information content (AvgIpc) is 2.48. The number of rotatable bonds is 2. The molecule has 3 rings (SSSR count). The van der Waals surface area contributed by atoms with E-state index >= 15 is 0 Å². The zero-order valence-electron chi connectivity index (χ0n) is 10.8. The van der Waals surface area contributed by atoms with Crippen molar-refractivity contribution in [1.29, 1.82) is 0 Å². The Kier molecular flexibility index (Phi) is 3.90. The van der Waals surface area contributed by atoms with Crippen molar-refractivity contribution in [3.8, 4) is 0 Å². The smallest absolute Gasteiger partial charge is 0.257 e. The molecule has 0 saturated carbocycles. The Morgan fingerprint density at radius 2 is 1.86 bits per heavy atom. The van der Waals surface area contributed by atoms with Crippen LogP contribution in [-0.2, 0) is 0 Å². The number of carbonyl (C=O) groups excluding carboxylic acids is 1. The van der Waals surface area contributed by atoms with Gasteiger partial charge in [0.05, 0.1) is 5.56 Å². The van der Waals surface area contributed by atoms with Crippen molar-refractivity contribution < 1.29 is 4.79 Å². The number of anilines is 1. The van der Waals surface area contributed by atoms with E-state index in [4.69, 9.17) is 11.6 Å². The highest BCUT2D eigenvalue weighted by Gasteiger charge is 2.13. The van der Waals surface area contributed by atoms with E-state index in [-0.39, 0.29) is 5.91 Å². The van der Waals surface area contributed by atoms with Crippen LogP contribution < -0.4 is 5.32 Å². The monoisotopic (exact) mass is 360 g/mol. The van der Waals surface area contributed by atoms with Crippen molar-refractivity contribution in [2.45, 2.75) is 0 Å². The normalized spacial score (nSPS) is 10.6. The maximum absolute atomic E-state index is 12.4. The summed E-state index contributed by atoms with van der Waals surface area (Å²) in [5.41, 5.74) is 1.21. The Morgan fingerprint density at radius 1 is 1.10 bits per heavy atom. The third-order valence-electron chi connectivity index (χ3n) is 3.07. The van der Waals surface area contributed by atoms with Gasteiger partial charge in [-0.2, -0.15) is 0 Å². The van der Waals surface area contributed by atoms with E-state index in [2.05, 4.69) is 26.2 Å². The fourth-order valence-corrected chi connectivity index (χ4v) is 2.72. The Hall–Kier alpha value is -1.91. The first-order valence-corrected chi connectivity index (χ1v) is 7.42. The van der Waals surface area contributed by atoms with Gasteiger partial charge in [0, 0.05) is 21.7 Å². The highest BCUT2D eigenvalue weighted by Crippen LogP contribution is 2.25. The van der Waals surface area contributed by atoms with E-state index in [1.54, 1.807) is 0 Å². The second-order valence-electron chi connectivity index (χ2n) is 4.47. The minimum absolute atomic E-state index is 0.214. The molecule has 3 aromatic rings. The molecule has 0 fully saturated rings. The Morgan fingerprint density at radius 3 is 2.62 bits per heavy atom. The summed E-state index contributed by atoms with van der Waals surface area (Å²) in [4.78, 5) is 16.5. The van der Waals surface area contributed by atoms with E-state index in [1.807, 2.05) is 48.5 Å². The summed E-state index contributed by atoms with van der Waals surface area (Å²) in [5.74, 6) is -0.214. The molecule has 0 saturated heterocycles. The van der Waals surface area contributed by atoms with Crippen LogP contribution in [0, 0.1) is 0 Å². The van der Waals surface area contributed by atoms with Crippen molar-refractivity contribution in [3.63, 3.8) is 0 Å². The van der Waals surface area contributed by atoms with E-state index in [0.717, 1.165) is 15.2 Å². The zero-order valence-corrected chi connectivity index (χ0v) is 13.1. The summed E-state index contributed by atoms with van der Waals surface area (Å²) in [7, 11) is 0. The van der Waals surface area contributed by atoms with Gasteiger partial charge in [0.15, 0.2) is 0 Å². The molecule has 0 bridgehead atoms. The minimum atomic E-state index is -0.214. The van der Waals surface area contributed by atoms with Crippen LogP contribution in [0.3, 0.4) is 0 Å². The SMILES string of the molecule is O=C(Nc1cccc(Br)c1)c1cnc(Cl)c2ccccc12. The lowest BCUT2D eigenvalue weighted by Crippen LogP contribution is -2.12. The molecular weight excluding hydrogens is 352 g/mol. The van der Waals surface area contributed by atoms with Gasteiger partial charge in [0.2, 0.25) is 0 Å². The molecule has 0 aliphatic heterocycles. The number of carbonyl (C=O) groups is 1. The van der Waals surface area contributed by atoms with Gasteiger partial charge in [-0.05, 0) is 23.6 Å². The third kappa shape index (κ3) is 2.91. The second kappa shape index (κ2) is 5.84. The molecule has 1 heterocycles. The topological polar surface area (TPSA) is 42.0 Å². The maximum Gasteiger partial charge on any atom is 0.257 e. The predicted molar refractivity (Wildman–Crippen MR) is 88.8 cm³/mol. The first kappa shape index (κ1) is 14.0. The van der Waals surface area contributed by atoms with Crippen molar-refractivity contribution in [1.82, 2.24) is 4.98 Å². The number of hydrogen-bond acceptors (Lipinski definition) is 2. The average molecular weight is 362 g/mol. The summed E-state index contributed by atoms with van der Waals surface area (Å²) < 4.78 is 0.902. The molecule has 3 nitrogen and oxygen atoms in total. The van der Waals surface area contributed by atoms with Gasteiger partial charge in [-0.1, -0.05) is 57.9 Å². The van der Waals surface area contributed by atoms with Gasteiger partial charge in [0.25, 0.3) is 5.91 Å². The van der Waals surface area contributed by atoms with Crippen LogP contribution in [0.5, 0.6) is 0 Å². The number of aromatic nitrogens is 1. The Bertz CT molecular complexity index is 835. The van der Waals surface area contributed by atoms with Crippen LogP contribution in [0.25, 0.3) is 10.8 Å². The number of amides is 1. The van der Waals surface area contributed by atoms with Crippen LogP contribution in [0.2, 0.25) is 5.15 Å². The maximum atomic E-state index is 12.4. The van der Waals surface area contributed by atoms with Gasteiger partial charge in [0.1, 0.15) is 5.15 Å². The number of nitrogens with zero attached hydrogens (tertiary/aromatic N) is 1. The number of fused-ring (bicyclic) bond motifs is 1. The highest BCUT2D eigenvalue weighted by molar-refractivity contribution is 9.10. The van der Waals surface area contributed by atoms with Gasteiger partial charge in [-0.15, -0.1) is 0 Å². The van der Waals surface area contributed by atoms with Gasteiger partial charge < -0.3 is 5.32 Å². The van der Waals surface area contributed by atoms with E-state index < -0.39 is 0 Å². The second-order valence-corrected chi connectivity index (χ2v) is 5.75. The molecule has 0 spiro atoms. The lowest BCUT2D eigenvalue weighted by atomic mass is 10.1. The molecule has 1 amide bonds. The van der Waals surface area contributed by atoms with E-state index in [9.17, 15) is 4.79 Å². The molecule has 1 aromatic heterocycles. The zero-order chi connectivity index (χ0) is 14.8. The lowest BCUT2D eigenvalue weighted by molar-refractivity contribution is 0.102. The highest BCUT2D eigenvalue weighted by atomic mass is 79.9. The quantitative estimate of drug-likeness (QED) is 0.659. The number of benzene rings is 2. The number of nitrogens with one attached hydrogen (secondary N) is 1. The Labute approximate surface area is 135 Å². The van der Waals surface area contributed by atoms with Crippen LogP contribution in [0.1, 0.15) is 10.4 Å². The van der Waals surface area contributed by atoms with Gasteiger partial charge in [-0.25, -0.2) is 4.98 Å². The molecule has 0 atom stereocenters. The van der Waals surface area contributed by atoms with Crippen molar-refractivity contribution in [2.75, 3.05) is 5.32 Å². The molecule has 0 radical (unpaired) electrons. The minimum Gasteiger partial charge on any atom is -0.322 e. The van der Waals surface area contributed by atoms with Gasteiger partial charge >= 0.3 is 0 Å². The van der Waals surface area contributed by atoms with Crippen LogP contribution in [-0.4, -0.2) is 10.9 Å². The summed E-state index contributed by atoms with van der Waals surface area (Å²) in [5, 5.41) is 4.80. The van der Waals surface area contributed by atoms with E-state index in [0.29, 0.717) is 16.4 Å². The number of halogens is 2.